The second-order valence-electron chi connectivity index (χ2n) is 6.02. The molecule has 1 aliphatic heterocycles. The van der Waals surface area contributed by atoms with E-state index in [-0.39, 0.29) is 17.7 Å². The number of amides is 2. The van der Waals surface area contributed by atoms with Crippen LogP contribution in [0.1, 0.15) is 27.6 Å². The quantitative estimate of drug-likeness (QED) is 0.860. The van der Waals surface area contributed by atoms with Crippen molar-refractivity contribution in [1.29, 1.82) is 0 Å². The van der Waals surface area contributed by atoms with Gasteiger partial charge in [-0.2, -0.15) is 0 Å². The van der Waals surface area contributed by atoms with Gasteiger partial charge in [0.25, 0.3) is 0 Å². The number of urea groups is 1. The number of halogens is 1. The third kappa shape index (κ3) is 4.53. The van der Waals surface area contributed by atoms with Gasteiger partial charge in [0.1, 0.15) is 6.10 Å². The van der Waals surface area contributed by atoms with E-state index in [1.807, 2.05) is 12.1 Å². The fourth-order valence-electron chi connectivity index (χ4n) is 2.77. The molecule has 0 radical (unpaired) electrons. The first kappa shape index (κ1) is 18.2. The number of carboxylic acid groups (broad SMARTS) is 1. The fourth-order valence-corrected chi connectivity index (χ4v) is 2.89. The van der Waals surface area contributed by atoms with Gasteiger partial charge in [-0.15, -0.1) is 0 Å². The smallest absolute Gasteiger partial charge is 0.335 e. The number of carboxylic acids is 1. The fraction of sp³-hybridized carbons (Fsp3) is 0.263. The van der Waals surface area contributed by atoms with Crippen molar-refractivity contribution in [3.8, 4) is 0 Å². The lowest BCUT2D eigenvalue weighted by molar-refractivity contribution is -0.0154. The summed E-state index contributed by atoms with van der Waals surface area (Å²) in [4.78, 5) is 25.0. The van der Waals surface area contributed by atoms with Crippen LogP contribution in [0, 0.1) is 0 Å². The highest BCUT2D eigenvalue weighted by molar-refractivity contribution is 6.30. The van der Waals surface area contributed by atoms with Crippen molar-refractivity contribution < 1.29 is 19.4 Å². The molecule has 1 heterocycles. The molecule has 7 heteroatoms. The second-order valence-corrected chi connectivity index (χ2v) is 6.45. The first-order valence-corrected chi connectivity index (χ1v) is 8.63. The molecule has 1 saturated heterocycles. The molecule has 2 aromatic rings. The zero-order valence-corrected chi connectivity index (χ0v) is 14.8. The van der Waals surface area contributed by atoms with Crippen molar-refractivity contribution in [3.63, 3.8) is 0 Å². The van der Waals surface area contributed by atoms with E-state index < -0.39 is 5.97 Å². The number of rotatable bonds is 4. The number of hydrogen-bond donors (Lipinski definition) is 2. The van der Waals surface area contributed by atoms with Crippen molar-refractivity contribution in [2.24, 2.45) is 0 Å². The molecule has 1 aliphatic rings. The lowest BCUT2D eigenvalue weighted by Gasteiger charge is -2.33. The maximum Gasteiger partial charge on any atom is 0.335 e. The zero-order valence-electron chi connectivity index (χ0n) is 14.0. The number of hydrogen-bond acceptors (Lipinski definition) is 3. The number of aromatic carboxylic acids is 1. The summed E-state index contributed by atoms with van der Waals surface area (Å²) in [7, 11) is 0. The first-order valence-electron chi connectivity index (χ1n) is 8.25. The minimum Gasteiger partial charge on any atom is -0.478 e. The Bertz CT molecular complexity index is 777. The summed E-state index contributed by atoms with van der Waals surface area (Å²) in [5.41, 5.74) is 2.04. The number of carbonyl (C=O) groups excluding carboxylic acids is 1. The number of carbonyl (C=O) groups is 2. The highest BCUT2D eigenvalue weighted by atomic mass is 35.5. The SMILES string of the molecule is O=C(O)c1ccc(CNC(=O)N2CCOC(c3ccc(Cl)cc3)C2)cc1. The van der Waals surface area contributed by atoms with Crippen LogP contribution >= 0.6 is 11.6 Å². The van der Waals surface area contributed by atoms with E-state index in [0.29, 0.717) is 31.3 Å². The average molecular weight is 375 g/mol. The monoisotopic (exact) mass is 374 g/mol. The highest BCUT2D eigenvalue weighted by Crippen LogP contribution is 2.23. The van der Waals surface area contributed by atoms with E-state index in [1.165, 1.54) is 12.1 Å². The third-order valence-electron chi connectivity index (χ3n) is 4.24. The summed E-state index contributed by atoms with van der Waals surface area (Å²) < 4.78 is 5.76. The molecule has 0 spiro atoms. The summed E-state index contributed by atoms with van der Waals surface area (Å²) in [5, 5.41) is 12.4. The number of benzene rings is 2. The Labute approximate surface area is 156 Å². The Morgan fingerprint density at radius 2 is 1.85 bits per heavy atom. The summed E-state index contributed by atoms with van der Waals surface area (Å²) in [6.07, 6.45) is -0.179. The molecule has 1 atom stereocenters. The van der Waals surface area contributed by atoms with Crippen molar-refractivity contribution in [1.82, 2.24) is 10.2 Å². The topological polar surface area (TPSA) is 78.9 Å². The van der Waals surface area contributed by atoms with Crippen molar-refractivity contribution in [2.75, 3.05) is 19.7 Å². The molecule has 0 saturated carbocycles. The standard InChI is InChI=1S/C19H19ClN2O4/c20-16-7-5-14(6-8-16)17-12-22(9-10-26-17)19(25)21-11-13-1-3-15(4-2-13)18(23)24/h1-8,17H,9-12H2,(H,21,25)(H,23,24). The number of nitrogens with one attached hydrogen (secondary N) is 1. The molecular weight excluding hydrogens is 356 g/mol. The van der Waals surface area contributed by atoms with Gasteiger partial charge in [0.2, 0.25) is 0 Å². The molecule has 0 aliphatic carbocycles. The van der Waals surface area contributed by atoms with E-state index >= 15 is 0 Å². The highest BCUT2D eigenvalue weighted by Gasteiger charge is 2.25. The second kappa shape index (κ2) is 8.21. The zero-order chi connectivity index (χ0) is 18.5. The number of nitrogens with zero attached hydrogens (tertiary/aromatic N) is 1. The molecule has 0 bridgehead atoms. The van der Waals surface area contributed by atoms with Gasteiger partial charge >= 0.3 is 12.0 Å². The van der Waals surface area contributed by atoms with Crippen LogP contribution in [0.4, 0.5) is 4.79 Å². The molecule has 0 aromatic heterocycles. The van der Waals surface area contributed by atoms with Crippen LogP contribution in [0.3, 0.4) is 0 Å². The first-order chi connectivity index (χ1) is 12.5. The van der Waals surface area contributed by atoms with Gasteiger partial charge in [-0.05, 0) is 35.4 Å². The van der Waals surface area contributed by atoms with Gasteiger partial charge in [-0.1, -0.05) is 35.9 Å². The van der Waals surface area contributed by atoms with Crippen LogP contribution < -0.4 is 5.32 Å². The van der Waals surface area contributed by atoms with Gasteiger partial charge in [0.05, 0.1) is 18.7 Å². The number of morpholine rings is 1. The van der Waals surface area contributed by atoms with Gasteiger partial charge in [0, 0.05) is 18.1 Å². The Morgan fingerprint density at radius 3 is 2.50 bits per heavy atom. The summed E-state index contributed by atoms with van der Waals surface area (Å²) >= 11 is 5.91. The minimum absolute atomic E-state index is 0.172. The average Bonchev–Trinajstić information content (AvgIpc) is 2.67. The predicted molar refractivity (Wildman–Crippen MR) is 97.4 cm³/mol. The van der Waals surface area contributed by atoms with Gasteiger partial charge in [0.15, 0.2) is 0 Å². The van der Waals surface area contributed by atoms with Crippen molar-refractivity contribution in [3.05, 3.63) is 70.2 Å². The summed E-state index contributed by atoms with van der Waals surface area (Å²) in [6, 6.07) is 13.7. The maximum atomic E-state index is 12.4. The largest absolute Gasteiger partial charge is 0.478 e. The van der Waals surface area contributed by atoms with Crippen LogP contribution in [-0.4, -0.2) is 41.7 Å². The van der Waals surface area contributed by atoms with Gasteiger partial charge in [-0.25, -0.2) is 9.59 Å². The van der Waals surface area contributed by atoms with Crippen LogP contribution in [0.2, 0.25) is 5.02 Å². The Morgan fingerprint density at radius 1 is 1.15 bits per heavy atom. The molecule has 2 amide bonds. The van der Waals surface area contributed by atoms with E-state index in [1.54, 1.807) is 29.2 Å². The molecule has 1 unspecified atom stereocenters. The molecule has 6 nitrogen and oxygen atoms in total. The molecule has 1 fully saturated rings. The van der Waals surface area contributed by atoms with Crippen LogP contribution in [0.15, 0.2) is 48.5 Å². The van der Waals surface area contributed by atoms with Crippen LogP contribution in [0.5, 0.6) is 0 Å². The van der Waals surface area contributed by atoms with E-state index in [9.17, 15) is 9.59 Å². The van der Waals surface area contributed by atoms with E-state index in [4.69, 9.17) is 21.4 Å². The Hall–Kier alpha value is -2.57. The normalized spacial score (nSPS) is 17.0. The van der Waals surface area contributed by atoms with E-state index in [0.717, 1.165) is 11.1 Å². The lowest BCUT2D eigenvalue weighted by Crippen LogP contribution is -2.46. The summed E-state index contributed by atoms with van der Waals surface area (Å²) in [5.74, 6) is -0.970. The van der Waals surface area contributed by atoms with Gasteiger partial charge in [-0.3, -0.25) is 0 Å². The maximum absolute atomic E-state index is 12.4. The Balaban J connectivity index is 1.55. The molecule has 2 N–H and O–H groups in total. The van der Waals surface area contributed by atoms with Crippen LogP contribution in [0.25, 0.3) is 0 Å². The van der Waals surface area contributed by atoms with E-state index in [2.05, 4.69) is 5.32 Å². The third-order valence-corrected chi connectivity index (χ3v) is 4.49. The lowest BCUT2D eigenvalue weighted by atomic mass is 10.1. The van der Waals surface area contributed by atoms with Crippen molar-refractivity contribution in [2.45, 2.75) is 12.6 Å². The molecular formula is C19H19ClN2O4. The molecule has 26 heavy (non-hydrogen) atoms. The number of ether oxygens (including phenoxy) is 1. The molecule has 3 rings (SSSR count). The predicted octanol–water partition coefficient (Wildman–Crippen LogP) is 3.32. The summed E-state index contributed by atoms with van der Waals surface area (Å²) in [6.45, 7) is 1.79. The Kier molecular flexibility index (Phi) is 5.75. The van der Waals surface area contributed by atoms with Gasteiger partial charge < -0.3 is 20.1 Å². The minimum atomic E-state index is -0.970. The molecule has 136 valence electrons. The van der Waals surface area contributed by atoms with Crippen LogP contribution in [-0.2, 0) is 11.3 Å². The molecule has 2 aromatic carbocycles. The van der Waals surface area contributed by atoms with Crippen molar-refractivity contribution >= 4 is 23.6 Å².